The molecule has 4 heteroatoms. The largest absolute Gasteiger partial charge is 0.371 e. The zero-order valence-corrected chi connectivity index (χ0v) is 10.1. The van der Waals surface area contributed by atoms with E-state index >= 15 is 0 Å². The minimum atomic E-state index is 0.111. The summed E-state index contributed by atoms with van der Waals surface area (Å²) < 4.78 is 5.61. The first-order chi connectivity index (χ1) is 7.83. The van der Waals surface area contributed by atoms with Crippen LogP contribution in [0.5, 0.6) is 0 Å². The molecule has 1 unspecified atom stereocenters. The summed E-state index contributed by atoms with van der Waals surface area (Å²) in [7, 11) is 0. The van der Waals surface area contributed by atoms with Crippen LogP contribution in [0.3, 0.4) is 0 Å². The SMILES string of the molecule is CCOC(CC)c1ncc(CNC2CC2)[nH]1. The summed E-state index contributed by atoms with van der Waals surface area (Å²) in [6.45, 7) is 5.75. The maximum atomic E-state index is 5.61. The minimum Gasteiger partial charge on any atom is -0.371 e. The predicted octanol–water partition coefficient (Wildman–Crippen LogP) is 2.15. The van der Waals surface area contributed by atoms with E-state index in [0.717, 1.165) is 37.1 Å². The van der Waals surface area contributed by atoms with Crippen molar-refractivity contribution in [3.8, 4) is 0 Å². The summed E-state index contributed by atoms with van der Waals surface area (Å²) in [5, 5.41) is 3.46. The Morgan fingerprint density at radius 1 is 1.56 bits per heavy atom. The number of hydrogen-bond donors (Lipinski definition) is 2. The molecule has 1 saturated carbocycles. The molecule has 0 amide bonds. The van der Waals surface area contributed by atoms with E-state index in [1.54, 1.807) is 0 Å². The van der Waals surface area contributed by atoms with Crippen molar-refractivity contribution in [1.29, 1.82) is 0 Å². The number of nitrogens with zero attached hydrogens (tertiary/aromatic N) is 1. The van der Waals surface area contributed by atoms with E-state index in [1.165, 1.54) is 12.8 Å². The smallest absolute Gasteiger partial charge is 0.135 e. The molecule has 1 aliphatic rings. The van der Waals surface area contributed by atoms with Crippen molar-refractivity contribution >= 4 is 0 Å². The van der Waals surface area contributed by atoms with Gasteiger partial charge in [0.25, 0.3) is 0 Å². The minimum absolute atomic E-state index is 0.111. The molecule has 1 atom stereocenters. The zero-order chi connectivity index (χ0) is 11.4. The van der Waals surface area contributed by atoms with Gasteiger partial charge in [-0.25, -0.2) is 4.98 Å². The van der Waals surface area contributed by atoms with Gasteiger partial charge in [-0.2, -0.15) is 0 Å². The highest BCUT2D eigenvalue weighted by atomic mass is 16.5. The van der Waals surface area contributed by atoms with Gasteiger partial charge in [0.15, 0.2) is 0 Å². The lowest BCUT2D eigenvalue weighted by atomic mass is 10.2. The molecule has 16 heavy (non-hydrogen) atoms. The third kappa shape index (κ3) is 3.06. The van der Waals surface area contributed by atoms with E-state index in [-0.39, 0.29) is 6.10 Å². The lowest BCUT2D eigenvalue weighted by molar-refractivity contribution is 0.0540. The van der Waals surface area contributed by atoms with Gasteiger partial charge in [-0.1, -0.05) is 6.92 Å². The number of imidazole rings is 1. The van der Waals surface area contributed by atoms with E-state index in [1.807, 2.05) is 13.1 Å². The lowest BCUT2D eigenvalue weighted by Crippen LogP contribution is -2.15. The second-order valence-corrected chi connectivity index (χ2v) is 4.30. The molecule has 0 aromatic carbocycles. The van der Waals surface area contributed by atoms with E-state index in [0.29, 0.717) is 0 Å². The summed E-state index contributed by atoms with van der Waals surface area (Å²) >= 11 is 0. The third-order valence-electron chi connectivity index (χ3n) is 2.85. The van der Waals surface area contributed by atoms with E-state index in [2.05, 4.69) is 22.2 Å². The number of rotatable bonds is 7. The molecule has 0 spiro atoms. The number of aromatic amines is 1. The van der Waals surface area contributed by atoms with Crippen LogP contribution in [0.4, 0.5) is 0 Å². The average Bonchev–Trinajstić information content (AvgIpc) is 3.02. The molecule has 0 aliphatic heterocycles. The number of aromatic nitrogens is 2. The molecule has 90 valence electrons. The fraction of sp³-hybridized carbons (Fsp3) is 0.750. The average molecular weight is 223 g/mol. The number of nitrogens with one attached hydrogen (secondary N) is 2. The first-order valence-electron chi connectivity index (χ1n) is 6.22. The van der Waals surface area contributed by atoms with E-state index < -0.39 is 0 Å². The maximum absolute atomic E-state index is 5.61. The van der Waals surface area contributed by atoms with Gasteiger partial charge >= 0.3 is 0 Å². The third-order valence-corrected chi connectivity index (χ3v) is 2.85. The van der Waals surface area contributed by atoms with Gasteiger partial charge in [0.05, 0.1) is 0 Å². The molecule has 1 heterocycles. The Kier molecular flexibility index (Phi) is 3.96. The van der Waals surface area contributed by atoms with Gasteiger partial charge in [-0.15, -0.1) is 0 Å². The highest BCUT2D eigenvalue weighted by Crippen LogP contribution is 2.20. The van der Waals surface area contributed by atoms with E-state index in [9.17, 15) is 0 Å². The van der Waals surface area contributed by atoms with Crippen molar-refractivity contribution in [3.63, 3.8) is 0 Å². The summed E-state index contributed by atoms with van der Waals surface area (Å²) in [5.74, 6) is 0.956. The summed E-state index contributed by atoms with van der Waals surface area (Å²) in [4.78, 5) is 7.72. The Balaban J connectivity index is 1.88. The quantitative estimate of drug-likeness (QED) is 0.744. The van der Waals surface area contributed by atoms with Crippen LogP contribution in [0.15, 0.2) is 6.20 Å². The summed E-state index contributed by atoms with van der Waals surface area (Å²) in [5.41, 5.74) is 1.15. The molecule has 1 fully saturated rings. The molecule has 2 N–H and O–H groups in total. The standard InChI is InChI=1S/C12H21N3O/c1-3-11(16-4-2)12-14-8-10(15-12)7-13-9-5-6-9/h8-9,11,13H,3-7H2,1-2H3,(H,14,15). The fourth-order valence-corrected chi connectivity index (χ4v) is 1.76. The molecular formula is C12H21N3O. The van der Waals surface area contributed by atoms with Crippen molar-refractivity contribution in [2.24, 2.45) is 0 Å². The van der Waals surface area contributed by atoms with Crippen molar-refractivity contribution in [2.45, 2.75) is 51.8 Å². The van der Waals surface area contributed by atoms with Crippen LogP contribution in [0, 0.1) is 0 Å². The molecule has 0 bridgehead atoms. The number of hydrogen-bond acceptors (Lipinski definition) is 3. The van der Waals surface area contributed by atoms with Gasteiger partial charge in [-0.3, -0.25) is 0 Å². The maximum Gasteiger partial charge on any atom is 0.135 e. The second kappa shape index (κ2) is 5.46. The van der Waals surface area contributed by atoms with Crippen molar-refractivity contribution in [1.82, 2.24) is 15.3 Å². The topological polar surface area (TPSA) is 49.9 Å². The summed E-state index contributed by atoms with van der Waals surface area (Å²) in [6, 6.07) is 0.737. The van der Waals surface area contributed by atoms with Gasteiger partial charge in [0.2, 0.25) is 0 Å². The number of ether oxygens (including phenoxy) is 1. The Hall–Kier alpha value is -0.870. The van der Waals surface area contributed by atoms with Crippen LogP contribution in [-0.2, 0) is 11.3 Å². The van der Waals surface area contributed by atoms with E-state index in [4.69, 9.17) is 4.74 Å². The van der Waals surface area contributed by atoms with Crippen LogP contribution in [0.1, 0.15) is 50.7 Å². The van der Waals surface area contributed by atoms with Gasteiger partial charge in [0.1, 0.15) is 11.9 Å². The van der Waals surface area contributed by atoms with Crippen LogP contribution in [0.25, 0.3) is 0 Å². The van der Waals surface area contributed by atoms with Gasteiger partial charge in [0, 0.05) is 31.1 Å². The van der Waals surface area contributed by atoms with Crippen molar-refractivity contribution in [2.75, 3.05) is 6.61 Å². The first-order valence-corrected chi connectivity index (χ1v) is 6.22. The first kappa shape index (κ1) is 11.6. The summed E-state index contributed by atoms with van der Waals surface area (Å²) in [6.07, 6.45) is 5.61. The highest BCUT2D eigenvalue weighted by Gasteiger charge is 2.20. The Bertz CT molecular complexity index is 320. The number of H-pyrrole nitrogens is 1. The molecule has 1 aromatic rings. The molecule has 1 aromatic heterocycles. The van der Waals surface area contributed by atoms with Gasteiger partial charge in [-0.05, 0) is 26.2 Å². The normalized spacial score (nSPS) is 17.6. The highest BCUT2D eigenvalue weighted by molar-refractivity contribution is 5.04. The molecule has 2 rings (SSSR count). The van der Waals surface area contributed by atoms with Crippen LogP contribution < -0.4 is 5.32 Å². The van der Waals surface area contributed by atoms with Crippen LogP contribution in [0.2, 0.25) is 0 Å². The van der Waals surface area contributed by atoms with Crippen LogP contribution in [-0.4, -0.2) is 22.6 Å². The molecule has 0 radical (unpaired) electrons. The Morgan fingerprint density at radius 3 is 3.00 bits per heavy atom. The Morgan fingerprint density at radius 2 is 2.38 bits per heavy atom. The monoisotopic (exact) mass is 223 g/mol. The fourth-order valence-electron chi connectivity index (χ4n) is 1.76. The molecule has 4 nitrogen and oxygen atoms in total. The van der Waals surface area contributed by atoms with Crippen molar-refractivity contribution in [3.05, 3.63) is 17.7 Å². The Labute approximate surface area is 96.8 Å². The van der Waals surface area contributed by atoms with Crippen molar-refractivity contribution < 1.29 is 4.74 Å². The van der Waals surface area contributed by atoms with Crippen LogP contribution >= 0.6 is 0 Å². The predicted molar refractivity (Wildman–Crippen MR) is 63.1 cm³/mol. The molecule has 1 aliphatic carbocycles. The zero-order valence-electron chi connectivity index (χ0n) is 10.1. The molecular weight excluding hydrogens is 202 g/mol. The second-order valence-electron chi connectivity index (χ2n) is 4.30. The lowest BCUT2D eigenvalue weighted by Gasteiger charge is -2.11. The van der Waals surface area contributed by atoms with Gasteiger partial charge < -0.3 is 15.0 Å². The molecule has 0 saturated heterocycles.